The zero-order valence-electron chi connectivity index (χ0n) is 10.8. The number of amides is 2. The quantitative estimate of drug-likeness (QED) is 0.790. The largest absolute Gasteiger partial charge is 0.464 e. The molecule has 0 aliphatic carbocycles. The van der Waals surface area contributed by atoms with Crippen molar-refractivity contribution < 1.29 is 14.7 Å². The van der Waals surface area contributed by atoms with Crippen molar-refractivity contribution in [2.24, 2.45) is 7.05 Å². The van der Waals surface area contributed by atoms with Gasteiger partial charge < -0.3 is 5.11 Å². The highest BCUT2D eigenvalue weighted by Gasteiger charge is 2.24. The summed E-state index contributed by atoms with van der Waals surface area (Å²) >= 11 is 0. The van der Waals surface area contributed by atoms with Crippen LogP contribution in [0, 0.1) is 0 Å². The summed E-state index contributed by atoms with van der Waals surface area (Å²) in [5, 5.41) is 13.0. The summed E-state index contributed by atoms with van der Waals surface area (Å²) in [4.78, 5) is 23.7. The van der Waals surface area contributed by atoms with Gasteiger partial charge in [0.05, 0.1) is 0 Å². The molecule has 1 heterocycles. The third kappa shape index (κ3) is 3.87. The van der Waals surface area contributed by atoms with Crippen LogP contribution < -0.4 is 4.90 Å². The lowest BCUT2D eigenvalue weighted by Gasteiger charge is -2.14. The van der Waals surface area contributed by atoms with Gasteiger partial charge in [-0.15, -0.1) is 0 Å². The Labute approximate surface area is 106 Å². The number of carbonyl (C=O) groups excluding carboxylic acids is 1. The number of aromatic nitrogens is 2. The Bertz CT molecular complexity index is 414. The molecule has 0 bridgehead atoms. The number of rotatable bonds is 6. The van der Waals surface area contributed by atoms with E-state index in [0.717, 1.165) is 19.3 Å². The number of hydrogen-bond donors (Lipinski definition) is 1. The minimum atomic E-state index is -1.28. The van der Waals surface area contributed by atoms with E-state index in [0.29, 0.717) is 11.3 Å². The van der Waals surface area contributed by atoms with Crippen LogP contribution in [0.5, 0.6) is 0 Å². The summed E-state index contributed by atoms with van der Waals surface area (Å²) in [6.07, 6.45) is 4.36. The van der Waals surface area contributed by atoms with E-state index in [1.807, 2.05) is 0 Å². The molecule has 0 radical (unpaired) electrons. The molecular formula is C12H19N3O3. The van der Waals surface area contributed by atoms with Crippen molar-refractivity contribution in [1.29, 1.82) is 0 Å². The Morgan fingerprint density at radius 3 is 2.61 bits per heavy atom. The number of carbonyl (C=O) groups is 2. The van der Waals surface area contributed by atoms with E-state index in [4.69, 9.17) is 5.11 Å². The minimum absolute atomic E-state index is 0.158. The second-order valence-corrected chi connectivity index (χ2v) is 4.17. The fraction of sp³-hybridized carbons (Fsp3) is 0.583. The Hall–Kier alpha value is -1.85. The number of hydrogen-bond acceptors (Lipinski definition) is 3. The predicted molar refractivity (Wildman–Crippen MR) is 67.5 cm³/mol. The maximum absolute atomic E-state index is 11.9. The molecule has 0 atom stereocenters. The smallest absolute Gasteiger partial charge is 0.420 e. The molecule has 0 aliphatic heterocycles. The molecule has 1 N–H and O–H groups in total. The highest BCUT2D eigenvalue weighted by Crippen LogP contribution is 2.14. The standard InChI is InChI=1S/C12H19N3O3/c1-3-4-5-6-7-11(16)15(12(17)18)10-8-9-14(2)13-10/h8-9H,3-7H2,1-2H3,(H,17,18). The lowest BCUT2D eigenvalue weighted by atomic mass is 10.1. The van der Waals surface area contributed by atoms with Gasteiger partial charge in [0.15, 0.2) is 5.82 Å². The third-order valence-electron chi connectivity index (χ3n) is 2.61. The second kappa shape index (κ2) is 6.78. The molecule has 0 fully saturated rings. The van der Waals surface area contributed by atoms with Gasteiger partial charge in [-0.05, 0) is 6.42 Å². The monoisotopic (exact) mass is 253 g/mol. The van der Waals surface area contributed by atoms with E-state index in [-0.39, 0.29) is 12.2 Å². The first-order valence-electron chi connectivity index (χ1n) is 6.11. The van der Waals surface area contributed by atoms with E-state index in [2.05, 4.69) is 12.0 Å². The number of unbranched alkanes of at least 4 members (excludes halogenated alkanes) is 3. The Morgan fingerprint density at radius 1 is 1.39 bits per heavy atom. The molecule has 6 heteroatoms. The van der Waals surface area contributed by atoms with Crippen LogP contribution in [0.4, 0.5) is 10.6 Å². The van der Waals surface area contributed by atoms with Crippen LogP contribution in [-0.4, -0.2) is 26.9 Å². The van der Waals surface area contributed by atoms with Gasteiger partial charge in [-0.3, -0.25) is 9.48 Å². The molecule has 0 aliphatic rings. The normalized spacial score (nSPS) is 10.3. The van der Waals surface area contributed by atoms with Gasteiger partial charge in [-0.2, -0.15) is 10.00 Å². The first-order chi connectivity index (χ1) is 8.56. The van der Waals surface area contributed by atoms with E-state index >= 15 is 0 Å². The van der Waals surface area contributed by atoms with Crippen LogP contribution in [0.15, 0.2) is 12.3 Å². The fourth-order valence-electron chi connectivity index (χ4n) is 1.67. The average molecular weight is 253 g/mol. The zero-order chi connectivity index (χ0) is 13.5. The zero-order valence-corrected chi connectivity index (χ0v) is 10.8. The van der Waals surface area contributed by atoms with Gasteiger partial charge in [0.25, 0.3) is 0 Å². The van der Waals surface area contributed by atoms with Gasteiger partial charge in [0.2, 0.25) is 5.91 Å². The summed E-state index contributed by atoms with van der Waals surface area (Å²) < 4.78 is 1.47. The summed E-state index contributed by atoms with van der Waals surface area (Å²) in [5.74, 6) is -0.261. The van der Waals surface area contributed by atoms with Crippen LogP contribution in [-0.2, 0) is 11.8 Å². The third-order valence-corrected chi connectivity index (χ3v) is 2.61. The molecule has 0 unspecified atom stereocenters. The maximum atomic E-state index is 11.9. The number of anilines is 1. The molecule has 0 spiro atoms. The molecule has 18 heavy (non-hydrogen) atoms. The van der Waals surface area contributed by atoms with Crippen LogP contribution in [0.25, 0.3) is 0 Å². The topological polar surface area (TPSA) is 75.4 Å². The highest BCUT2D eigenvalue weighted by molar-refractivity contribution is 6.10. The Kier molecular flexibility index (Phi) is 5.35. The Balaban J connectivity index is 2.62. The summed E-state index contributed by atoms with van der Waals surface area (Å²) in [7, 11) is 1.68. The SMILES string of the molecule is CCCCCCC(=O)N(C(=O)O)c1ccn(C)n1. The van der Waals surface area contributed by atoms with Gasteiger partial charge in [0, 0.05) is 25.7 Å². The fourth-order valence-corrected chi connectivity index (χ4v) is 1.67. The minimum Gasteiger partial charge on any atom is -0.464 e. The highest BCUT2D eigenvalue weighted by atomic mass is 16.4. The van der Waals surface area contributed by atoms with Gasteiger partial charge in [-0.25, -0.2) is 4.79 Å². The van der Waals surface area contributed by atoms with Crippen LogP contribution in [0.1, 0.15) is 39.0 Å². The molecule has 100 valence electrons. The van der Waals surface area contributed by atoms with Crippen molar-refractivity contribution in [1.82, 2.24) is 9.78 Å². The molecule has 1 aromatic rings. The summed E-state index contributed by atoms with van der Waals surface area (Å²) in [6, 6.07) is 1.51. The first kappa shape index (κ1) is 14.2. The number of aryl methyl sites for hydroxylation is 1. The molecule has 1 rings (SSSR count). The predicted octanol–water partition coefficient (Wildman–Crippen LogP) is 2.40. The Morgan fingerprint density at radius 2 is 2.11 bits per heavy atom. The second-order valence-electron chi connectivity index (χ2n) is 4.17. The van der Waals surface area contributed by atoms with Gasteiger partial charge in [-0.1, -0.05) is 26.2 Å². The van der Waals surface area contributed by atoms with E-state index in [9.17, 15) is 9.59 Å². The summed E-state index contributed by atoms with van der Waals surface area (Å²) in [6.45, 7) is 2.08. The van der Waals surface area contributed by atoms with Gasteiger partial charge in [0.1, 0.15) is 0 Å². The van der Waals surface area contributed by atoms with Crippen LogP contribution in [0.3, 0.4) is 0 Å². The number of imide groups is 1. The lowest BCUT2D eigenvalue weighted by molar-refractivity contribution is -0.118. The van der Waals surface area contributed by atoms with Crippen molar-refractivity contribution in [3.63, 3.8) is 0 Å². The van der Waals surface area contributed by atoms with Crippen molar-refractivity contribution in [3.8, 4) is 0 Å². The van der Waals surface area contributed by atoms with Crippen LogP contribution in [0.2, 0.25) is 0 Å². The van der Waals surface area contributed by atoms with Gasteiger partial charge >= 0.3 is 6.09 Å². The van der Waals surface area contributed by atoms with E-state index in [1.54, 1.807) is 13.2 Å². The number of nitrogens with zero attached hydrogens (tertiary/aromatic N) is 3. The molecule has 0 aromatic carbocycles. The van der Waals surface area contributed by atoms with Crippen molar-refractivity contribution in [2.45, 2.75) is 39.0 Å². The van der Waals surface area contributed by atoms with Crippen molar-refractivity contribution in [2.75, 3.05) is 4.90 Å². The molecule has 1 aromatic heterocycles. The molecule has 0 saturated carbocycles. The first-order valence-corrected chi connectivity index (χ1v) is 6.11. The number of carboxylic acid groups (broad SMARTS) is 1. The molecule has 2 amide bonds. The lowest BCUT2D eigenvalue weighted by Crippen LogP contribution is -2.36. The van der Waals surface area contributed by atoms with Crippen molar-refractivity contribution >= 4 is 17.8 Å². The molecular weight excluding hydrogens is 234 g/mol. The summed E-state index contributed by atoms with van der Waals surface area (Å²) in [5.41, 5.74) is 0. The maximum Gasteiger partial charge on any atom is 0.420 e. The van der Waals surface area contributed by atoms with E-state index < -0.39 is 12.0 Å². The van der Waals surface area contributed by atoms with Crippen molar-refractivity contribution in [3.05, 3.63) is 12.3 Å². The molecule has 6 nitrogen and oxygen atoms in total. The van der Waals surface area contributed by atoms with E-state index in [1.165, 1.54) is 10.7 Å². The average Bonchev–Trinajstić information content (AvgIpc) is 2.71. The molecule has 0 saturated heterocycles. The van der Waals surface area contributed by atoms with Crippen LogP contribution >= 0.6 is 0 Å².